The van der Waals surface area contributed by atoms with E-state index in [0.717, 1.165) is 0 Å². The van der Waals surface area contributed by atoms with E-state index in [-0.39, 0.29) is 35.8 Å². The molecule has 0 aliphatic carbocycles. The monoisotopic (exact) mass is 187 g/mol. The van der Waals surface area contributed by atoms with Crippen LogP contribution in [-0.4, -0.2) is 11.0 Å². The summed E-state index contributed by atoms with van der Waals surface area (Å²) in [5, 5.41) is 0. The number of H-pyrrole nitrogens is 1. The standard InChI is InChI=1S/C5H5N.2ClH.2H2O/c1-2-4-6-5-3-1;;;;/h1-5H;2*1H;2*1H2. The van der Waals surface area contributed by atoms with Gasteiger partial charge in [-0.3, -0.25) is 0 Å². The summed E-state index contributed by atoms with van der Waals surface area (Å²) in [5.41, 5.74) is 0. The van der Waals surface area contributed by atoms with Crippen LogP contribution in [0.5, 0.6) is 0 Å². The van der Waals surface area contributed by atoms with Gasteiger partial charge in [0, 0.05) is 12.1 Å². The van der Waals surface area contributed by atoms with Gasteiger partial charge in [0.1, 0.15) is 0 Å². The maximum Gasteiger partial charge on any atom is 0.166 e. The number of rotatable bonds is 0. The van der Waals surface area contributed by atoms with E-state index < -0.39 is 0 Å². The van der Waals surface area contributed by atoms with Crippen molar-refractivity contribution in [1.82, 2.24) is 0 Å². The van der Waals surface area contributed by atoms with Crippen LogP contribution in [0, 0.1) is 0 Å². The first-order valence-electron chi connectivity index (χ1n) is 1.91. The summed E-state index contributed by atoms with van der Waals surface area (Å²) in [7, 11) is 0. The van der Waals surface area contributed by atoms with Gasteiger partial charge in [-0.2, -0.15) is 0 Å². The molecule has 1 aromatic heterocycles. The smallest absolute Gasteiger partial charge is 0.166 e. The molecule has 5 N–H and O–H groups in total. The molecule has 0 amide bonds. The number of aromatic nitrogens is 1. The summed E-state index contributed by atoms with van der Waals surface area (Å²) < 4.78 is 0. The highest BCUT2D eigenvalue weighted by Crippen LogP contribution is 1.68. The van der Waals surface area contributed by atoms with Gasteiger partial charge in [-0.15, -0.1) is 12.4 Å². The number of hydrogen-bond acceptors (Lipinski definition) is 0. The first-order chi connectivity index (χ1) is 3.00. The highest BCUT2D eigenvalue weighted by molar-refractivity contribution is 5.85. The van der Waals surface area contributed by atoms with Crippen LogP contribution in [0.3, 0.4) is 0 Å². The number of hydrogen-bond donors (Lipinski definition) is 0. The molecule has 0 unspecified atom stereocenters. The van der Waals surface area contributed by atoms with Crippen molar-refractivity contribution in [1.29, 1.82) is 0 Å². The Bertz CT molecular complexity index is 89.6. The van der Waals surface area contributed by atoms with Crippen molar-refractivity contribution in [2.75, 3.05) is 0 Å². The van der Waals surface area contributed by atoms with Crippen molar-refractivity contribution in [2.24, 2.45) is 0 Å². The van der Waals surface area contributed by atoms with Crippen molar-refractivity contribution < 1.29 is 28.3 Å². The predicted octanol–water partition coefficient (Wildman–Crippen LogP) is -3.72. The summed E-state index contributed by atoms with van der Waals surface area (Å²) in [6.45, 7) is 0. The Morgan fingerprint density at radius 3 is 1.30 bits per heavy atom. The molecule has 0 bridgehead atoms. The van der Waals surface area contributed by atoms with Crippen molar-refractivity contribution in [3.05, 3.63) is 30.6 Å². The normalized spacial score (nSPS) is 4.80. The highest BCUT2D eigenvalue weighted by Gasteiger charge is 1.65. The lowest BCUT2D eigenvalue weighted by Crippen LogP contribution is -3.00. The second-order valence-corrected chi connectivity index (χ2v) is 1.08. The minimum atomic E-state index is 0. The van der Waals surface area contributed by atoms with E-state index in [0.29, 0.717) is 0 Å². The molecule has 1 rings (SSSR count). The van der Waals surface area contributed by atoms with E-state index in [1.54, 1.807) is 0 Å². The molecule has 0 aliphatic rings. The van der Waals surface area contributed by atoms with E-state index in [2.05, 4.69) is 4.98 Å². The van der Waals surface area contributed by atoms with Crippen molar-refractivity contribution in [2.45, 2.75) is 0 Å². The summed E-state index contributed by atoms with van der Waals surface area (Å²) in [6, 6.07) is 5.86. The van der Waals surface area contributed by atoms with Gasteiger partial charge < -0.3 is 23.4 Å². The lowest BCUT2D eigenvalue weighted by atomic mass is 10.5. The van der Waals surface area contributed by atoms with Crippen LogP contribution in [0.1, 0.15) is 0 Å². The van der Waals surface area contributed by atoms with Crippen LogP contribution in [0.25, 0.3) is 0 Å². The van der Waals surface area contributed by atoms with Gasteiger partial charge in [0.2, 0.25) is 0 Å². The van der Waals surface area contributed by atoms with Gasteiger partial charge in [0.25, 0.3) is 0 Å². The molecular weight excluding hydrogens is 177 g/mol. The second kappa shape index (κ2) is 15.9. The van der Waals surface area contributed by atoms with Gasteiger partial charge in [-0.25, -0.2) is 4.98 Å². The average Bonchev–Trinajstić information content (AvgIpc) is 1.72. The van der Waals surface area contributed by atoms with E-state index in [1.807, 2.05) is 30.6 Å². The van der Waals surface area contributed by atoms with Crippen LogP contribution in [-0.2, 0) is 0 Å². The minimum Gasteiger partial charge on any atom is -1.00 e. The summed E-state index contributed by atoms with van der Waals surface area (Å²) in [5.74, 6) is 0. The average molecular weight is 188 g/mol. The topological polar surface area (TPSA) is 77.1 Å². The Morgan fingerprint density at radius 1 is 0.800 bits per heavy atom. The molecule has 0 radical (unpaired) electrons. The Kier molecular flexibility index (Phi) is 35.9. The third-order valence-corrected chi connectivity index (χ3v) is 0.607. The summed E-state index contributed by atoms with van der Waals surface area (Å²) in [6.07, 6.45) is 3.75. The largest absolute Gasteiger partial charge is 1.00 e. The van der Waals surface area contributed by atoms with Crippen LogP contribution in [0.4, 0.5) is 0 Å². The molecule has 5 heteroatoms. The predicted molar refractivity (Wildman–Crippen MR) is 37.5 cm³/mol. The van der Waals surface area contributed by atoms with Gasteiger partial charge in [0.05, 0.1) is 0 Å². The van der Waals surface area contributed by atoms with Crippen molar-refractivity contribution in [3.63, 3.8) is 0 Å². The Labute approximate surface area is 71.9 Å². The van der Waals surface area contributed by atoms with E-state index >= 15 is 0 Å². The molecule has 0 saturated carbocycles. The van der Waals surface area contributed by atoms with Gasteiger partial charge in [0.15, 0.2) is 12.4 Å². The van der Waals surface area contributed by atoms with Crippen molar-refractivity contribution >= 4 is 12.4 Å². The number of aromatic amines is 1. The van der Waals surface area contributed by atoms with Crippen molar-refractivity contribution in [3.8, 4) is 0 Å². The summed E-state index contributed by atoms with van der Waals surface area (Å²) >= 11 is 0. The van der Waals surface area contributed by atoms with Crippen LogP contribution in [0.15, 0.2) is 30.6 Å². The number of nitrogens with one attached hydrogen (secondary N) is 1. The van der Waals surface area contributed by atoms with E-state index in [1.165, 1.54) is 0 Å². The zero-order valence-corrected chi connectivity index (χ0v) is 6.75. The molecule has 10 heavy (non-hydrogen) atoms. The summed E-state index contributed by atoms with van der Waals surface area (Å²) in [4.78, 5) is 2.89. The fourth-order valence-electron chi connectivity index (χ4n) is 0.342. The lowest BCUT2D eigenvalue weighted by molar-refractivity contribution is -0.377. The molecule has 0 aromatic carbocycles. The third kappa shape index (κ3) is 10.6. The molecule has 1 heterocycles. The Balaban J connectivity index is -0.0000000450. The molecule has 0 atom stereocenters. The second-order valence-electron chi connectivity index (χ2n) is 1.08. The molecule has 1 aromatic rings. The molecule has 3 nitrogen and oxygen atoms in total. The zero-order valence-electron chi connectivity index (χ0n) is 5.17. The lowest BCUT2D eigenvalue weighted by Gasteiger charge is -1.63. The third-order valence-electron chi connectivity index (χ3n) is 0.607. The van der Waals surface area contributed by atoms with Crippen LogP contribution in [0.2, 0.25) is 0 Å². The first-order valence-corrected chi connectivity index (χ1v) is 1.91. The fourth-order valence-corrected chi connectivity index (χ4v) is 0.342. The minimum absolute atomic E-state index is 0. The Hall–Kier alpha value is -0.350. The SMILES string of the molecule is Cl.O.O.[Cl-].c1cc[nH+]cc1. The molecule has 0 spiro atoms. The van der Waals surface area contributed by atoms with E-state index in [4.69, 9.17) is 0 Å². The van der Waals surface area contributed by atoms with Gasteiger partial charge in [-0.05, 0) is 0 Å². The quantitative estimate of drug-likeness (QED) is 0.401. The van der Waals surface area contributed by atoms with Gasteiger partial charge >= 0.3 is 0 Å². The molecule has 0 fully saturated rings. The maximum atomic E-state index is 2.89. The Morgan fingerprint density at radius 2 is 1.20 bits per heavy atom. The zero-order chi connectivity index (χ0) is 4.24. The molecule has 0 aliphatic heterocycles. The van der Waals surface area contributed by atoms with Crippen LogP contribution >= 0.6 is 12.4 Å². The molecular formula is C5H11Cl2NO2. The van der Waals surface area contributed by atoms with E-state index in [9.17, 15) is 0 Å². The molecule has 0 saturated heterocycles. The van der Waals surface area contributed by atoms with Crippen LogP contribution < -0.4 is 17.4 Å². The number of halogens is 2. The number of pyridine rings is 1. The molecule has 62 valence electrons. The maximum absolute atomic E-state index is 2.89. The fraction of sp³-hybridized carbons (Fsp3) is 0. The first kappa shape index (κ1) is 22.6. The highest BCUT2D eigenvalue weighted by atomic mass is 35.5. The van der Waals surface area contributed by atoms with Gasteiger partial charge in [-0.1, -0.05) is 6.07 Å².